The summed E-state index contributed by atoms with van der Waals surface area (Å²) < 4.78 is 41.0. The number of nitrogens with zero attached hydrogens (tertiary/aromatic N) is 3. The monoisotopic (exact) mass is 560 g/mol. The molecule has 2 aromatic heterocycles. The van der Waals surface area contributed by atoms with Crippen LogP contribution < -0.4 is 10.5 Å². The van der Waals surface area contributed by atoms with Gasteiger partial charge in [-0.05, 0) is 74.7 Å². The van der Waals surface area contributed by atoms with Crippen molar-refractivity contribution < 1.29 is 17.9 Å². The Balaban J connectivity index is 1.87. The minimum absolute atomic E-state index is 0.175. The van der Waals surface area contributed by atoms with Gasteiger partial charge in [-0.15, -0.1) is 0 Å². The number of aryl methyl sites for hydroxylation is 2. The number of hydrogen-bond donors (Lipinski definition) is 2. The number of rotatable bonds is 9. The number of pyridine rings is 2. The molecule has 0 saturated carbocycles. The molecule has 0 aliphatic heterocycles. The van der Waals surface area contributed by atoms with Crippen molar-refractivity contribution in [3.63, 3.8) is 0 Å². The van der Waals surface area contributed by atoms with Crippen LogP contribution in [0.4, 0.5) is 15.8 Å². The molecule has 0 fully saturated rings. The van der Waals surface area contributed by atoms with E-state index in [1.54, 1.807) is 54.3 Å². The summed E-state index contributed by atoms with van der Waals surface area (Å²) in [6.45, 7) is 5.78. The highest BCUT2D eigenvalue weighted by Gasteiger charge is 2.31. The van der Waals surface area contributed by atoms with Gasteiger partial charge in [-0.25, -0.2) is 13.4 Å². The largest absolute Gasteiger partial charge is 0.504 e. The molecule has 2 N–H and O–H groups in total. The summed E-state index contributed by atoms with van der Waals surface area (Å²) in [4.78, 5) is 20.5. The van der Waals surface area contributed by atoms with Gasteiger partial charge >= 0.3 is 0 Å². The second-order valence-electron chi connectivity index (χ2n) is 9.26. The Morgan fingerprint density at radius 2 is 1.82 bits per heavy atom. The van der Waals surface area contributed by atoms with Gasteiger partial charge in [0.15, 0.2) is 10.6 Å². The van der Waals surface area contributed by atoms with Crippen LogP contribution in [0, 0.1) is 24.2 Å². The minimum Gasteiger partial charge on any atom is -0.504 e. The zero-order chi connectivity index (χ0) is 29.0. The molecular formula is C30H29FN4O4S. The van der Waals surface area contributed by atoms with E-state index >= 15 is 0 Å². The van der Waals surface area contributed by atoms with E-state index in [2.05, 4.69) is 16.0 Å². The first-order valence-electron chi connectivity index (χ1n) is 12.9. The van der Waals surface area contributed by atoms with E-state index in [1.807, 2.05) is 13.8 Å². The van der Waals surface area contributed by atoms with Crippen LogP contribution in [-0.2, 0) is 16.3 Å². The highest BCUT2D eigenvalue weighted by Crippen LogP contribution is 2.40. The average Bonchev–Trinajstić information content (AvgIpc) is 2.93. The zero-order valence-electron chi connectivity index (χ0n) is 22.4. The molecule has 0 spiro atoms. The number of benzene rings is 2. The van der Waals surface area contributed by atoms with Gasteiger partial charge in [0.05, 0.1) is 16.5 Å². The molecule has 2 heterocycles. The second-order valence-corrected chi connectivity index (χ2v) is 11.2. The van der Waals surface area contributed by atoms with E-state index in [0.717, 1.165) is 6.42 Å². The first-order chi connectivity index (χ1) is 19.1. The Kier molecular flexibility index (Phi) is 8.35. The SMILES string of the molecule is CCCCc1[nH]c(=O)c(S(=O)(=O)c2ccc(-c3ccc(F)nc3C)cc2)c(O)c1N(CC)c1cccc(C#N)c1. The molecule has 10 heteroatoms. The third-order valence-electron chi connectivity index (χ3n) is 6.65. The molecule has 0 bridgehead atoms. The zero-order valence-corrected chi connectivity index (χ0v) is 23.2. The fourth-order valence-electron chi connectivity index (χ4n) is 4.67. The molecule has 2 aromatic carbocycles. The molecule has 0 unspecified atom stereocenters. The maximum Gasteiger partial charge on any atom is 0.271 e. The first-order valence-corrected chi connectivity index (χ1v) is 14.3. The second kappa shape index (κ2) is 11.7. The smallest absolute Gasteiger partial charge is 0.271 e. The highest BCUT2D eigenvalue weighted by molar-refractivity contribution is 7.91. The Morgan fingerprint density at radius 3 is 2.45 bits per heavy atom. The molecule has 40 heavy (non-hydrogen) atoms. The van der Waals surface area contributed by atoms with Gasteiger partial charge in [-0.3, -0.25) is 4.79 Å². The number of unbranched alkanes of at least 4 members (excludes halogenated alkanes) is 1. The Labute approximate surface area is 232 Å². The number of aromatic nitrogens is 2. The summed E-state index contributed by atoms with van der Waals surface area (Å²) in [7, 11) is -4.46. The van der Waals surface area contributed by atoms with Gasteiger partial charge in [0.25, 0.3) is 5.56 Å². The van der Waals surface area contributed by atoms with E-state index in [-0.39, 0.29) is 10.6 Å². The number of aromatic hydroxyl groups is 1. The van der Waals surface area contributed by atoms with Crippen molar-refractivity contribution in [2.75, 3.05) is 11.4 Å². The third-order valence-corrected chi connectivity index (χ3v) is 8.45. The predicted molar refractivity (Wildman–Crippen MR) is 151 cm³/mol. The molecule has 0 amide bonds. The lowest BCUT2D eigenvalue weighted by molar-refractivity contribution is 0.454. The van der Waals surface area contributed by atoms with Crippen LogP contribution in [0.3, 0.4) is 0 Å². The van der Waals surface area contributed by atoms with Gasteiger partial charge in [0, 0.05) is 29.2 Å². The lowest BCUT2D eigenvalue weighted by Gasteiger charge is -2.27. The van der Waals surface area contributed by atoms with Crippen LogP contribution in [0.15, 0.2) is 75.2 Å². The Morgan fingerprint density at radius 1 is 1.10 bits per heavy atom. The molecule has 4 rings (SSSR count). The van der Waals surface area contributed by atoms with E-state index in [1.165, 1.54) is 18.2 Å². The Hall–Kier alpha value is -4.49. The van der Waals surface area contributed by atoms with Crippen LogP contribution >= 0.6 is 0 Å². The summed E-state index contributed by atoms with van der Waals surface area (Å²) in [6.07, 6.45) is 1.92. The quantitative estimate of drug-likeness (QED) is 0.248. The van der Waals surface area contributed by atoms with Crippen LogP contribution in [0.5, 0.6) is 5.75 Å². The van der Waals surface area contributed by atoms with Gasteiger partial charge in [0.2, 0.25) is 15.8 Å². The minimum atomic E-state index is -4.46. The molecule has 0 atom stereocenters. The van der Waals surface area contributed by atoms with Gasteiger partial charge in [-0.1, -0.05) is 31.5 Å². The number of H-pyrrole nitrogens is 1. The molecule has 4 aromatic rings. The van der Waals surface area contributed by atoms with Crippen molar-refractivity contribution in [1.29, 1.82) is 5.26 Å². The van der Waals surface area contributed by atoms with Crippen molar-refractivity contribution in [3.8, 4) is 22.9 Å². The van der Waals surface area contributed by atoms with Crippen LogP contribution in [-0.4, -0.2) is 30.0 Å². The van der Waals surface area contributed by atoms with E-state index in [9.17, 15) is 28.0 Å². The van der Waals surface area contributed by atoms with Crippen molar-refractivity contribution in [3.05, 3.63) is 93.9 Å². The lowest BCUT2D eigenvalue weighted by Crippen LogP contribution is -2.25. The standard InChI is InChI=1S/C30H29FN4O4S/c1-4-6-10-25-27(35(5-2)22-9-7-8-20(17-22)18-32)28(36)29(30(37)34-25)40(38,39)23-13-11-21(12-14-23)24-15-16-26(31)33-19(24)3/h7-9,11-17H,4-6,10H2,1-3H3,(H2,34,36,37). The molecule has 0 aliphatic rings. The topological polar surface area (TPSA) is 127 Å². The number of nitrogens with one attached hydrogen (secondary N) is 1. The van der Waals surface area contributed by atoms with Crippen molar-refractivity contribution in [2.45, 2.75) is 49.8 Å². The summed E-state index contributed by atoms with van der Waals surface area (Å²) >= 11 is 0. The molecule has 8 nitrogen and oxygen atoms in total. The fourth-order valence-corrected chi connectivity index (χ4v) is 6.04. The van der Waals surface area contributed by atoms with Gasteiger partial charge in [-0.2, -0.15) is 9.65 Å². The average molecular weight is 561 g/mol. The Bertz CT molecular complexity index is 1760. The summed E-state index contributed by atoms with van der Waals surface area (Å²) in [5, 5.41) is 20.9. The summed E-state index contributed by atoms with van der Waals surface area (Å²) in [6, 6.07) is 17.3. The number of nitriles is 1. The summed E-state index contributed by atoms with van der Waals surface area (Å²) in [5.74, 6) is -1.27. The molecule has 0 aliphatic carbocycles. The van der Waals surface area contributed by atoms with Crippen molar-refractivity contribution in [2.24, 2.45) is 0 Å². The first kappa shape index (κ1) is 28.5. The normalized spacial score (nSPS) is 11.3. The van der Waals surface area contributed by atoms with Crippen LogP contribution in [0.2, 0.25) is 0 Å². The third kappa shape index (κ3) is 5.46. The lowest BCUT2D eigenvalue weighted by atomic mass is 10.1. The van der Waals surface area contributed by atoms with Crippen molar-refractivity contribution >= 4 is 21.2 Å². The number of sulfone groups is 1. The molecule has 0 radical (unpaired) electrons. The maximum atomic E-state index is 13.8. The summed E-state index contributed by atoms with van der Waals surface area (Å²) in [5.41, 5.74) is 2.32. The van der Waals surface area contributed by atoms with E-state index < -0.39 is 32.0 Å². The van der Waals surface area contributed by atoms with Crippen molar-refractivity contribution in [1.82, 2.24) is 9.97 Å². The number of aromatic amines is 1. The molecule has 0 saturated heterocycles. The van der Waals surface area contributed by atoms with Gasteiger partial charge < -0.3 is 15.0 Å². The number of halogens is 1. The highest BCUT2D eigenvalue weighted by atomic mass is 32.2. The maximum absolute atomic E-state index is 13.8. The fraction of sp³-hybridized carbons (Fsp3) is 0.233. The van der Waals surface area contributed by atoms with Crippen LogP contribution in [0.1, 0.15) is 43.6 Å². The number of anilines is 2. The number of hydrogen-bond acceptors (Lipinski definition) is 7. The molecular weight excluding hydrogens is 531 g/mol. The molecule has 206 valence electrons. The predicted octanol–water partition coefficient (Wildman–Crippen LogP) is 5.80. The van der Waals surface area contributed by atoms with Gasteiger partial charge in [0.1, 0.15) is 5.69 Å². The van der Waals surface area contributed by atoms with E-state index in [4.69, 9.17) is 0 Å². The van der Waals surface area contributed by atoms with E-state index in [0.29, 0.717) is 53.2 Å². The van der Waals surface area contributed by atoms with Crippen LogP contribution in [0.25, 0.3) is 11.1 Å².